The van der Waals surface area contributed by atoms with E-state index >= 15 is 0 Å². The lowest BCUT2D eigenvalue weighted by atomic mass is 10.0. The number of hydrogen-bond acceptors (Lipinski definition) is 6. The third kappa shape index (κ3) is 4.92. The number of nitrogens with one attached hydrogen (secondary N) is 1. The number of piperazine rings is 1. The van der Waals surface area contributed by atoms with Gasteiger partial charge < -0.3 is 20.0 Å². The van der Waals surface area contributed by atoms with Crippen molar-refractivity contribution < 1.29 is 27.3 Å². The van der Waals surface area contributed by atoms with Gasteiger partial charge in [-0.15, -0.1) is 0 Å². The van der Waals surface area contributed by atoms with Crippen molar-refractivity contribution in [1.82, 2.24) is 19.5 Å². The van der Waals surface area contributed by atoms with E-state index in [9.17, 15) is 13.6 Å². The van der Waals surface area contributed by atoms with Crippen LogP contribution in [0.5, 0.6) is 0 Å². The van der Waals surface area contributed by atoms with Gasteiger partial charge >= 0.3 is 0 Å². The Labute approximate surface area is 239 Å². The Morgan fingerprint density at radius 3 is 2.85 bits per heavy atom. The number of hydrogen-bond donors (Lipinski definition) is 1. The van der Waals surface area contributed by atoms with Gasteiger partial charge in [0.25, 0.3) is 5.91 Å². The molecule has 2 atom stereocenters. The van der Waals surface area contributed by atoms with Gasteiger partial charge in [0.2, 0.25) is 0 Å². The van der Waals surface area contributed by atoms with E-state index < -0.39 is 56.1 Å². The topological polar surface area (TPSA) is 69.0 Å². The second kappa shape index (κ2) is 10.3. The van der Waals surface area contributed by atoms with Crippen molar-refractivity contribution >= 4 is 28.7 Å². The first-order valence-corrected chi connectivity index (χ1v) is 12.3. The van der Waals surface area contributed by atoms with Gasteiger partial charge in [-0.05, 0) is 75.3 Å². The number of nitrogens with zero attached hydrogens (tertiary/aromatic N) is 6. The fourth-order valence-corrected chi connectivity index (χ4v) is 4.75. The number of carbonyl (C=O) groups excluding carboxylic acids is 1. The van der Waals surface area contributed by atoms with E-state index in [1.165, 1.54) is 41.0 Å². The van der Waals surface area contributed by atoms with E-state index in [1.807, 2.05) is 4.90 Å². The van der Waals surface area contributed by atoms with Crippen LogP contribution in [0.1, 0.15) is 55.4 Å². The maximum atomic E-state index is 14.7. The number of benzene rings is 2. The zero-order chi connectivity index (χ0) is 35.9. The van der Waals surface area contributed by atoms with Gasteiger partial charge in [0, 0.05) is 63.3 Å². The molecule has 1 unspecified atom stereocenters. The highest BCUT2D eigenvalue weighted by molar-refractivity contribution is 6.06. The molecule has 0 saturated carbocycles. The van der Waals surface area contributed by atoms with Crippen molar-refractivity contribution in [3.63, 3.8) is 0 Å². The lowest BCUT2D eigenvalue weighted by Gasteiger charge is -2.39. The monoisotopic (exact) mass is 541 g/mol. The Kier molecular flexibility index (Phi) is 4.25. The summed E-state index contributed by atoms with van der Waals surface area (Å²) in [5.74, 6) is -1.26. The third-order valence-corrected chi connectivity index (χ3v) is 6.74. The molecule has 0 aliphatic carbocycles. The fraction of sp³-hybridized carbons (Fsp3) is 0.345. The van der Waals surface area contributed by atoms with Crippen molar-refractivity contribution in [2.75, 3.05) is 48.1 Å². The average Bonchev–Trinajstić information content (AvgIpc) is 3.64. The Morgan fingerprint density at radius 1 is 1.18 bits per heavy atom. The molecule has 2 aromatic heterocycles. The second-order valence-electron chi connectivity index (χ2n) is 9.22. The molecule has 2 aliphatic heterocycles. The van der Waals surface area contributed by atoms with Crippen LogP contribution >= 0.6 is 0 Å². The maximum absolute atomic E-state index is 14.7. The van der Waals surface area contributed by atoms with Crippen LogP contribution in [0.3, 0.4) is 0 Å². The molecule has 0 radical (unpaired) electrons. The highest BCUT2D eigenvalue weighted by Gasteiger charge is 2.30. The summed E-state index contributed by atoms with van der Waals surface area (Å²) in [5, 5.41) is 6.92. The predicted octanol–water partition coefficient (Wildman–Crippen LogP) is 4.74. The number of likely N-dealkylation sites (N-methyl/N-ethyl adjacent to an activating group) is 1. The molecule has 2 aromatic carbocycles. The van der Waals surface area contributed by atoms with Gasteiger partial charge in [-0.3, -0.25) is 4.79 Å². The molecule has 1 amide bonds. The Balaban J connectivity index is 1.26. The number of halogens is 2. The molecule has 6 rings (SSSR count). The minimum Gasteiger partial charge on any atom is -0.369 e. The predicted molar refractivity (Wildman–Crippen MR) is 147 cm³/mol. The summed E-state index contributed by atoms with van der Waals surface area (Å²) in [7, 11) is 0. The second-order valence-corrected chi connectivity index (χ2v) is 9.22. The summed E-state index contributed by atoms with van der Waals surface area (Å²) in [6, 6.07) is 6.59. The molecule has 0 spiro atoms. The summed E-state index contributed by atoms with van der Waals surface area (Å²) >= 11 is 0. The molecular weight excluding hydrogens is 500 g/mol. The van der Waals surface area contributed by atoms with Crippen molar-refractivity contribution in [2.45, 2.75) is 31.8 Å². The lowest BCUT2D eigenvalue weighted by Crippen LogP contribution is -2.50. The van der Waals surface area contributed by atoms with Crippen LogP contribution in [-0.4, -0.2) is 64.4 Å². The molecule has 39 heavy (non-hydrogen) atoms. The number of carbonyl (C=O) groups is 1. The van der Waals surface area contributed by atoms with Crippen LogP contribution in [0, 0.1) is 11.6 Å². The molecule has 2 saturated heterocycles. The maximum Gasteiger partial charge on any atom is 0.255 e. The van der Waals surface area contributed by atoms with Crippen LogP contribution in [0.25, 0.3) is 5.65 Å². The van der Waals surface area contributed by atoms with E-state index in [-0.39, 0.29) is 33.0 Å². The largest absolute Gasteiger partial charge is 0.369 e. The molecule has 202 valence electrons. The van der Waals surface area contributed by atoms with Crippen molar-refractivity contribution in [2.24, 2.45) is 0 Å². The smallest absolute Gasteiger partial charge is 0.255 e. The van der Waals surface area contributed by atoms with E-state index in [2.05, 4.69) is 15.4 Å². The van der Waals surface area contributed by atoms with Gasteiger partial charge in [0.05, 0.1) is 17.7 Å². The molecule has 4 heterocycles. The Bertz CT molecular complexity index is 1890. The lowest BCUT2D eigenvalue weighted by molar-refractivity contribution is 0.102. The van der Waals surface area contributed by atoms with Gasteiger partial charge in [-0.2, -0.15) is 5.10 Å². The number of aromatic nitrogens is 3. The van der Waals surface area contributed by atoms with Crippen molar-refractivity contribution in [3.05, 3.63) is 83.7 Å². The van der Waals surface area contributed by atoms with Crippen LogP contribution in [0.2, 0.25) is 0 Å². The first kappa shape index (κ1) is 16.1. The van der Waals surface area contributed by atoms with Crippen LogP contribution in [0.15, 0.2) is 60.9 Å². The number of rotatable bonds is 5. The SMILES string of the molecule is [2H]C([2H])([2H])N1C([2H])([2H])C([2H])([2H])N(c2ccc(C(=O)Nc3cnn4ccc(N5CCC[C@@H]5c5cc(F)ccc5F)nc34)cc2)C([2H])([2H])C1([2H])C. The number of anilines is 3. The first-order chi connectivity index (χ1) is 22.7. The summed E-state index contributed by atoms with van der Waals surface area (Å²) in [5.41, 5.74) is 0.498. The average molecular weight is 542 g/mol. The zero-order valence-corrected chi connectivity index (χ0v) is 20.8. The fourth-order valence-electron chi connectivity index (χ4n) is 4.75. The zero-order valence-electron chi connectivity index (χ0n) is 30.8. The quantitative estimate of drug-likeness (QED) is 0.394. The highest BCUT2D eigenvalue weighted by Crippen LogP contribution is 2.37. The summed E-state index contributed by atoms with van der Waals surface area (Å²) < 4.78 is 113. The van der Waals surface area contributed by atoms with Crippen LogP contribution in [-0.2, 0) is 0 Å². The molecule has 1 N–H and O–H groups in total. The Hall–Kier alpha value is -4.05. The Morgan fingerprint density at radius 2 is 2.03 bits per heavy atom. The van der Waals surface area contributed by atoms with Gasteiger partial charge in [0.1, 0.15) is 23.1 Å². The summed E-state index contributed by atoms with van der Waals surface area (Å²) in [4.78, 5) is 20.1. The standard InChI is InChI=1S/C29H31F2N7O/c1-19-18-36(15-14-35(19)2)22-8-5-20(6-9-22)29(39)33-25-17-32-38-13-11-27(34-28(25)38)37-12-3-4-26(37)23-16-21(30)7-10-24(23)31/h5-11,13,16-17,19,26H,3-4,12,14-15,18H2,1-2H3,(H,33,39)/t19?,26-/m1/s1/i2D3,14D2,15D2,18D2,19D. The summed E-state index contributed by atoms with van der Waals surface area (Å²) in [6.45, 7) is -11.7. The van der Waals surface area contributed by atoms with E-state index in [1.54, 1.807) is 12.3 Å². The van der Waals surface area contributed by atoms with Gasteiger partial charge in [-0.1, -0.05) is 0 Å². The van der Waals surface area contributed by atoms with Crippen LogP contribution < -0.4 is 15.1 Å². The molecule has 2 fully saturated rings. The van der Waals surface area contributed by atoms with Gasteiger partial charge in [-0.25, -0.2) is 18.3 Å². The number of amides is 1. The van der Waals surface area contributed by atoms with E-state index in [4.69, 9.17) is 13.7 Å². The third-order valence-electron chi connectivity index (χ3n) is 6.74. The van der Waals surface area contributed by atoms with E-state index in [0.717, 1.165) is 25.5 Å². The van der Waals surface area contributed by atoms with Crippen molar-refractivity contribution in [3.8, 4) is 0 Å². The van der Waals surface area contributed by atoms with E-state index in [0.29, 0.717) is 23.7 Å². The highest BCUT2D eigenvalue weighted by atomic mass is 19.1. The minimum absolute atomic E-state index is 0.0411. The molecule has 4 aromatic rings. The molecule has 10 heteroatoms. The molecular formula is C29H31F2N7O. The molecule has 0 bridgehead atoms. The minimum atomic E-state index is -3.35. The van der Waals surface area contributed by atoms with Crippen molar-refractivity contribution in [1.29, 1.82) is 0 Å². The first-order valence-electron chi connectivity index (χ1n) is 17.3. The normalized spacial score (nSPS) is 30.0. The molecule has 2 aliphatic rings. The number of fused-ring (bicyclic) bond motifs is 1. The summed E-state index contributed by atoms with van der Waals surface area (Å²) in [6.07, 6.45) is 4.29. The molecule has 8 nitrogen and oxygen atoms in total. The van der Waals surface area contributed by atoms with Crippen LogP contribution in [0.4, 0.5) is 26.0 Å². The van der Waals surface area contributed by atoms with Gasteiger partial charge in [0.15, 0.2) is 5.65 Å².